The van der Waals surface area contributed by atoms with E-state index in [1.807, 2.05) is 0 Å². The maximum atomic E-state index is 5.94. The van der Waals surface area contributed by atoms with Crippen LogP contribution in [0.2, 0.25) is 0 Å². The van der Waals surface area contributed by atoms with Crippen molar-refractivity contribution in [1.82, 2.24) is 5.32 Å². The number of rotatable bonds is 7. The normalized spacial score (nSPS) is 16.9. The van der Waals surface area contributed by atoms with Gasteiger partial charge < -0.3 is 10.1 Å². The molecule has 0 amide bonds. The monoisotopic (exact) mass is 247 g/mol. The Morgan fingerprint density at radius 3 is 2.61 bits per heavy atom. The van der Waals surface area contributed by atoms with Crippen molar-refractivity contribution in [3.05, 3.63) is 29.8 Å². The first-order chi connectivity index (χ1) is 8.72. The molecule has 1 aliphatic carbocycles. The Morgan fingerprint density at radius 1 is 1.28 bits per heavy atom. The summed E-state index contributed by atoms with van der Waals surface area (Å²) in [5, 5.41) is 3.68. The van der Waals surface area contributed by atoms with Gasteiger partial charge in [-0.25, -0.2) is 0 Å². The molecule has 1 aromatic carbocycles. The Kier molecular flexibility index (Phi) is 4.65. The summed E-state index contributed by atoms with van der Waals surface area (Å²) in [6.45, 7) is 7.47. The molecule has 100 valence electrons. The van der Waals surface area contributed by atoms with E-state index in [1.165, 1.54) is 24.8 Å². The number of benzene rings is 1. The Labute approximate surface area is 111 Å². The maximum absolute atomic E-state index is 5.94. The summed E-state index contributed by atoms with van der Waals surface area (Å²) in [4.78, 5) is 0. The molecule has 2 heteroatoms. The number of ether oxygens (including phenoxy) is 1. The molecule has 18 heavy (non-hydrogen) atoms. The molecule has 0 radical (unpaired) electrons. The van der Waals surface area contributed by atoms with Crippen molar-refractivity contribution in [2.45, 2.75) is 52.2 Å². The molecule has 0 aromatic heterocycles. The lowest BCUT2D eigenvalue weighted by Gasteiger charge is -2.22. The van der Waals surface area contributed by atoms with Crippen LogP contribution >= 0.6 is 0 Å². The van der Waals surface area contributed by atoms with E-state index in [9.17, 15) is 0 Å². The molecule has 1 saturated carbocycles. The SMILES string of the molecule is CCCNC(c1ccccc1OC(C)C)C1CC1. The molecule has 0 bridgehead atoms. The van der Waals surface area contributed by atoms with Crippen LogP contribution in [0.3, 0.4) is 0 Å². The van der Waals surface area contributed by atoms with E-state index in [-0.39, 0.29) is 6.10 Å². The second kappa shape index (κ2) is 6.24. The quantitative estimate of drug-likeness (QED) is 0.788. The van der Waals surface area contributed by atoms with Gasteiger partial charge in [0.1, 0.15) is 5.75 Å². The van der Waals surface area contributed by atoms with E-state index in [4.69, 9.17) is 4.74 Å². The van der Waals surface area contributed by atoms with Crippen LogP contribution in [0.15, 0.2) is 24.3 Å². The highest BCUT2D eigenvalue weighted by atomic mass is 16.5. The van der Waals surface area contributed by atoms with Crippen molar-refractivity contribution in [3.63, 3.8) is 0 Å². The molecule has 0 spiro atoms. The fraction of sp³-hybridized carbons (Fsp3) is 0.625. The summed E-state index contributed by atoms with van der Waals surface area (Å²) in [5.41, 5.74) is 1.34. The molecule has 2 rings (SSSR count). The van der Waals surface area contributed by atoms with E-state index in [2.05, 4.69) is 50.4 Å². The maximum Gasteiger partial charge on any atom is 0.124 e. The van der Waals surface area contributed by atoms with Gasteiger partial charge in [-0.1, -0.05) is 25.1 Å². The minimum Gasteiger partial charge on any atom is -0.491 e. The lowest BCUT2D eigenvalue weighted by atomic mass is 10.0. The zero-order valence-corrected chi connectivity index (χ0v) is 11.8. The van der Waals surface area contributed by atoms with Crippen molar-refractivity contribution in [1.29, 1.82) is 0 Å². The third-order valence-electron chi connectivity index (χ3n) is 3.32. The molecular formula is C16H25NO. The standard InChI is InChI=1S/C16H25NO/c1-4-11-17-16(13-9-10-13)14-7-5-6-8-15(14)18-12(2)3/h5-8,12-13,16-17H,4,9-11H2,1-3H3. The summed E-state index contributed by atoms with van der Waals surface area (Å²) in [5.74, 6) is 1.85. The average molecular weight is 247 g/mol. The fourth-order valence-electron chi connectivity index (χ4n) is 2.36. The number of para-hydroxylation sites is 1. The molecule has 1 fully saturated rings. The van der Waals surface area contributed by atoms with Crippen LogP contribution in [0.25, 0.3) is 0 Å². The second-order valence-electron chi connectivity index (χ2n) is 5.47. The molecule has 0 heterocycles. The van der Waals surface area contributed by atoms with E-state index < -0.39 is 0 Å². The first kappa shape index (κ1) is 13.4. The minimum absolute atomic E-state index is 0.233. The predicted molar refractivity (Wildman–Crippen MR) is 76.0 cm³/mol. The van der Waals surface area contributed by atoms with Crippen molar-refractivity contribution in [3.8, 4) is 5.75 Å². The van der Waals surface area contributed by atoms with Crippen LogP contribution in [0, 0.1) is 5.92 Å². The van der Waals surface area contributed by atoms with E-state index in [0.717, 1.165) is 18.2 Å². The van der Waals surface area contributed by atoms with Crippen LogP contribution in [0.5, 0.6) is 5.75 Å². The largest absolute Gasteiger partial charge is 0.491 e. The average Bonchev–Trinajstić information content (AvgIpc) is 3.15. The first-order valence-corrected chi connectivity index (χ1v) is 7.21. The third-order valence-corrected chi connectivity index (χ3v) is 3.32. The Bertz CT molecular complexity index is 371. The van der Waals surface area contributed by atoms with Gasteiger partial charge in [-0.2, -0.15) is 0 Å². The third kappa shape index (κ3) is 3.49. The van der Waals surface area contributed by atoms with Gasteiger partial charge >= 0.3 is 0 Å². The molecule has 1 aromatic rings. The van der Waals surface area contributed by atoms with Crippen LogP contribution < -0.4 is 10.1 Å². The second-order valence-corrected chi connectivity index (χ2v) is 5.47. The van der Waals surface area contributed by atoms with E-state index in [1.54, 1.807) is 0 Å². The number of hydrogen-bond donors (Lipinski definition) is 1. The molecule has 2 nitrogen and oxygen atoms in total. The highest BCUT2D eigenvalue weighted by molar-refractivity contribution is 5.37. The summed E-state index contributed by atoms with van der Waals surface area (Å²) in [6.07, 6.45) is 4.10. The summed E-state index contributed by atoms with van der Waals surface area (Å²) < 4.78 is 5.94. The molecule has 1 atom stereocenters. The first-order valence-electron chi connectivity index (χ1n) is 7.21. The Morgan fingerprint density at radius 2 is 2.00 bits per heavy atom. The van der Waals surface area contributed by atoms with Gasteiger partial charge in [0.05, 0.1) is 6.10 Å². The molecule has 0 aliphatic heterocycles. The van der Waals surface area contributed by atoms with Gasteiger partial charge in [0.15, 0.2) is 0 Å². The van der Waals surface area contributed by atoms with Gasteiger partial charge in [0.25, 0.3) is 0 Å². The number of nitrogens with one attached hydrogen (secondary N) is 1. The highest BCUT2D eigenvalue weighted by Crippen LogP contribution is 2.43. The van der Waals surface area contributed by atoms with Gasteiger partial charge in [-0.15, -0.1) is 0 Å². The van der Waals surface area contributed by atoms with Gasteiger partial charge in [0.2, 0.25) is 0 Å². The van der Waals surface area contributed by atoms with E-state index in [0.29, 0.717) is 6.04 Å². The smallest absolute Gasteiger partial charge is 0.124 e. The van der Waals surface area contributed by atoms with Gasteiger partial charge in [-0.05, 0) is 51.6 Å². The lowest BCUT2D eigenvalue weighted by molar-refractivity contribution is 0.236. The van der Waals surface area contributed by atoms with Crippen LogP contribution in [-0.2, 0) is 0 Å². The topological polar surface area (TPSA) is 21.3 Å². The van der Waals surface area contributed by atoms with Crippen LogP contribution in [0.1, 0.15) is 51.6 Å². The van der Waals surface area contributed by atoms with E-state index >= 15 is 0 Å². The molecule has 1 N–H and O–H groups in total. The lowest BCUT2D eigenvalue weighted by Crippen LogP contribution is -2.24. The Balaban J connectivity index is 2.17. The zero-order valence-electron chi connectivity index (χ0n) is 11.8. The summed E-state index contributed by atoms with van der Waals surface area (Å²) in [7, 11) is 0. The molecular weight excluding hydrogens is 222 g/mol. The Hall–Kier alpha value is -1.02. The summed E-state index contributed by atoms with van der Waals surface area (Å²) in [6, 6.07) is 8.96. The molecule has 0 saturated heterocycles. The fourth-order valence-corrected chi connectivity index (χ4v) is 2.36. The molecule has 1 unspecified atom stereocenters. The number of hydrogen-bond acceptors (Lipinski definition) is 2. The van der Waals surface area contributed by atoms with Gasteiger partial charge in [0, 0.05) is 11.6 Å². The van der Waals surface area contributed by atoms with Crippen LogP contribution in [0.4, 0.5) is 0 Å². The predicted octanol–water partition coefficient (Wildman–Crippen LogP) is 3.92. The van der Waals surface area contributed by atoms with Crippen molar-refractivity contribution in [2.24, 2.45) is 5.92 Å². The minimum atomic E-state index is 0.233. The van der Waals surface area contributed by atoms with Crippen molar-refractivity contribution >= 4 is 0 Å². The van der Waals surface area contributed by atoms with Crippen LogP contribution in [-0.4, -0.2) is 12.6 Å². The summed E-state index contributed by atoms with van der Waals surface area (Å²) >= 11 is 0. The zero-order chi connectivity index (χ0) is 13.0. The van der Waals surface area contributed by atoms with Crippen molar-refractivity contribution in [2.75, 3.05) is 6.54 Å². The van der Waals surface area contributed by atoms with Crippen molar-refractivity contribution < 1.29 is 4.74 Å². The molecule has 1 aliphatic rings. The highest BCUT2D eigenvalue weighted by Gasteiger charge is 2.33. The van der Waals surface area contributed by atoms with Gasteiger partial charge in [-0.3, -0.25) is 0 Å².